The zero-order chi connectivity index (χ0) is 20.4. The Balaban J connectivity index is 2.96. The molecule has 0 aliphatic rings. The Morgan fingerprint density at radius 3 is 1.07 bits per heavy atom. The number of rotatable bonds is 25. The van der Waals surface area contributed by atoms with Crippen LogP contribution in [0.5, 0.6) is 0 Å². The van der Waals surface area contributed by atoms with Crippen molar-refractivity contribution in [2.24, 2.45) is 0 Å². The van der Waals surface area contributed by atoms with Gasteiger partial charge in [-0.2, -0.15) is 70.6 Å². The second kappa shape index (κ2) is 29.0. The van der Waals surface area contributed by atoms with Crippen LogP contribution in [0.1, 0.15) is 25.7 Å². The topological polar surface area (TPSA) is 18.5 Å². The average Bonchev–Trinajstić information content (AvgIpc) is 2.71. The van der Waals surface area contributed by atoms with E-state index in [9.17, 15) is 0 Å². The van der Waals surface area contributed by atoms with Gasteiger partial charge in [-0.3, -0.25) is 0 Å². The van der Waals surface area contributed by atoms with E-state index in [1.165, 1.54) is 71.7 Å². The second-order valence-electron chi connectivity index (χ2n) is 6.07. The van der Waals surface area contributed by atoms with Crippen LogP contribution in [0.4, 0.5) is 0 Å². The molecular formula is C20H42O2S6. The van der Waals surface area contributed by atoms with Crippen LogP contribution in [0, 0.1) is 0 Å². The van der Waals surface area contributed by atoms with Gasteiger partial charge in [0.25, 0.3) is 0 Å². The van der Waals surface area contributed by atoms with E-state index in [2.05, 4.69) is 36.0 Å². The van der Waals surface area contributed by atoms with Gasteiger partial charge in [0.15, 0.2) is 0 Å². The number of thioether (sulfide) groups is 6. The summed E-state index contributed by atoms with van der Waals surface area (Å²) < 4.78 is 11.3. The van der Waals surface area contributed by atoms with Crippen molar-refractivity contribution in [3.8, 4) is 0 Å². The van der Waals surface area contributed by atoms with Gasteiger partial charge in [0, 0.05) is 11.5 Å². The quantitative estimate of drug-likeness (QED) is 0.134. The van der Waals surface area contributed by atoms with Gasteiger partial charge in [-0.15, -0.1) is 0 Å². The Labute approximate surface area is 201 Å². The predicted octanol–water partition coefficient (Wildman–Crippen LogP) is 6.24. The van der Waals surface area contributed by atoms with Crippen molar-refractivity contribution in [3.63, 3.8) is 0 Å². The van der Waals surface area contributed by atoms with Crippen LogP contribution < -0.4 is 0 Å². The summed E-state index contributed by atoms with van der Waals surface area (Å²) in [5.74, 6) is 12.6. The molecular weight excluding hydrogens is 465 g/mol. The highest BCUT2D eigenvalue weighted by Crippen LogP contribution is 2.11. The van der Waals surface area contributed by atoms with Gasteiger partial charge in [-0.05, 0) is 84.2 Å². The molecule has 2 nitrogen and oxygen atoms in total. The summed E-state index contributed by atoms with van der Waals surface area (Å²) in [5.41, 5.74) is 0. The lowest BCUT2D eigenvalue weighted by atomic mass is 10.6. The van der Waals surface area contributed by atoms with Crippen LogP contribution >= 0.6 is 70.6 Å². The monoisotopic (exact) mass is 506 g/mol. The normalized spacial score (nSPS) is 11.4. The molecule has 0 amide bonds. The first-order valence-corrected chi connectivity index (χ1v) is 17.8. The minimum Gasteiger partial charge on any atom is -0.378 e. The molecule has 0 aliphatic heterocycles. The smallest absolute Gasteiger partial charge is 0.0700 e. The van der Waals surface area contributed by atoms with Crippen LogP contribution in [0.25, 0.3) is 0 Å². The first kappa shape index (κ1) is 30.0. The molecule has 0 aliphatic carbocycles. The third kappa shape index (κ3) is 28.0. The Kier molecular flexibility index (Phi) is 31.1. The minimum atomic E-state index is 0.739. The highest BCUT2D eigenvalue weighted by molar-refractivity contribution is 8.01. The number of hydrogen-bond acceptors (Lipinski definition) is 8. The highest BCUT2D eigenvalue weighted by atomic mass is 32.2. The number of ether oxygens (including phenoxy) is 2. The maximum atomic E-state index is 5.64. The molecule has 0 atom stereocenters. The third-order valence-electron chi connectivity index (χ3n) is 3.54. The third-order valence-corrected chi connectivity index (χ3v) is 9.31. The SMILES string of the molecule is CSCCCSCCCSCCOCCOCCSCCCSCCCSC. The van der Waals surface area contributed by atoms with E-state index in [-0.39, 0.29) is 0 Å². The molecule has 0 aromatic rings. The lowest BCUT2D eigenvalue weighted by Crippen LogP contribution is -2.08. The highest BCUT2D eigenvalue weighted by Gasteiger charge is 1.95. The first-order valence-electron chi connectivity index (χ1n) is 10.4. The van der Waals surface area contributed by atoms with Crippen molar-refractivity contribution < 1.29 is 9.47 Å². The van der Waals surface area contributed by atoms with Crippen LogP contribution in [0.2, 0.25) is 0 Å². The van der Waals surface area contributed by atoms with Crippen molar-refractivity contribution in [2.45, 2.75) is 25.7 Å². The Morgan fingerprint density at radius 2 is 0.714 bits per heavy atom. The minimum absolute atomic E-state index is 0.739. The Hall–Kier alpha value is 2.02. The second-order valence-corrected chi connectivity index (χ2v) is 12.9. The summed E-state index contributed by atoms with van der Waals surface area (Å²) in [6.07, 6.45) is 9.73. The van der Waals surface area contributed by atoms with E-state index in [1.54, 1.807) is 0 Å². The Morgan fingerprint density at radius 1 is 0.393 bits per heavy atom. The molecule has 0 aromatic carbocycles. The van der Waals surface area contributed by atoms with Crippen LogP contribution in [0.15, 0.2) is 0 Å². The van der Waals surface area contributed by atoms with E-state index >= 15 is 0 Å². The van der Waals surface area contributed by atoms with E-state index in [1.807, 2.05) is 47.0 Å². The van der Waals surface area contributed by atoms with Crippen molar-refractivity contribution in [2.75, 3.05) is 96.5 Å². The molecule has 0 saturated carbocycles. The predicted molar refractivity (Wildman–Crippen MR) is 146 cm³/mol. The summed E-state index contributed by atoms with van der Waals surface area (Å²) in [4.78, 5) is 0. The zero-order valence-electron chi connectivity index (χ0n) is 18.0. The van der Waals surface area contributed by atoms with E-state index in [0.717, 1.165) is 37.9 Å². The molecule has 0 aromatic heterocycles. The van der Waals surface area contributed by atoms with Gasteiger partial charge in [0.05, 0.1) is 26.4 Å². The van der Waals surface area contributed by atoms with Gasteiger partial charge in [0.2, 0.25) is 0 Å². The van der Waals surface area contributed by atoms with Crippen LogP contribution in [0.3, 0.4) is 0 Å². The lowest BCUT2D eigenvalue weighted by molar-refractivity contribution is 0.0605. The van der Waals surface area contributed by atoms with E-state index < -0.39 is 0 Å². The molecule has 28 heavy (non-hydrogen) atoms. The lowest BCUT2D eigenvalue weighted by Gasteiger charge is -2.06. The van der Waals surface area contributed by atoms with Gasteiger partial charge < -0.3 is 9.47 Å². The summed E-state index contributed by atoms with van der Waals surface area (Å²) in [7, 11) is 0. The summed E-state index contributed by atoms with van der Waals surface area (Å²) in [5, 5.41) is 0. The van der Waals surface area contributed by atoms with E-state index in [4.69, 9.17) is 9.47 Å². The van der Waals surface area contributed by atoms with Gasteiger partial charge in [0.1, 0.15) is 0 Å². The van der Waals surface area contributed by atoms with Crippen molar-refractivity contribution in [1.29, 1.82) is 0 Å². The zero-order valence-corrected chi connectivity index (χ0v) is 22.9. The number of hydrogen-bond donors (Lipinski definition) is 0. The maximum absolute atomic E-state index is 5.64. The molecule has 0 heterocycles. The molecule has 0 radical (unpaired) electrons. The molecule has 0 fully saturated rings. The molecule has 0 N–H and O–H groups in total. The summed E-state index contributed by atoms with van der Waals surface area (Å²) in [6.45, 7) is 3.20. The molecule has 0 unspecified atom stereocenters. The molecule has 0 rings (SSSR count). The van der Waals surface area contributed by atoms with Gasteiger partial charge in [-0.25, -0.2) is 0 Å². The van der Waals surface area contributed by atoms with E-state index in [0.29, 0.717) is 0 Å². The Bertz CT molecular complexity index is 249. The van der Waals surface area contributed by atoms with Crippen molar-refractivity contribution >= 4 is 70.6 Å². The molecule has 0 spiro atoms. The fraction of sp³-hybridized carbons (Fsp3) is 1.00. The summed E-state index contributed by atoms with van der Waals surface area (Å²) >= 11 is 12.2. The fourth-order valence-corrected chi connectivity index (χ4v) is 7.08. The summed E-state index contributed by atoms with van der Waals surface area (Å²) in [6, 6.07) is 0. The van der Waals surface area contributed by atoms with Crippen molar-refractivity contribution in [1.82, 2.24) is 0 Å². The van der Waals surface area contributed by atoms with Gasteiger partial charge in [-0.1, -0.05) is 0 Å². The fourth-order valence-electron chi connectivity index (χ4n) is 2.10. The van der Waals surface area contributed by atoms with Crippen molar-refractivity contribution in [3.05, 3.63) is 0 Å². The van der Waals surface area contributed by atoms with Gasteiger partial charge >= 0.3 is 0 Å². The molecule has 170 valence electrons. The molecule has 0 bridgehead atoms. The molecule has 8 heteroatoms. The maximum Gasteiger partial charge on any atom is 0.0700 e. The molecule has 0 saturated heterocycles. The average molecular weight is 507 g/mol. The first-order chi connectivity index (χ1) is 13.9. The largest absolute Gasteiger partial charge is 0.378 e. The van der Waals surface area contributed by atoms with Crippen LogP contribution in [-0.2, 0) is 9.47 Å². The standard InChI is InChI=1S/C20H42O2S6/c1-23-11-3-13-25-15-5-17-27-19-9-21-7-8-22-10-20-28-18-6-16-26-14-4-12-24-2/h3-20H2,1-2H3. The van der Waals surface area contributed by atoms with Crippen LogP contribution in [-0.4, -0.2) is 96.5 Å².